The molecule has 0 bridgehead atoms. The first kappa shape index (κ1) is 37.1. The van der Waals surface area contributed by atoms with Crippen LogP contribution in [0.3, 0.4) is 0 Å². The predicted octanol–water partition coefficient (Wildman–Crippen LogP) is 3.81. The molecule has 0 aromatic carbocycles. The number of hydrogen-bond acceptors (Lipinski definition) is 12. The summed E-state index contributed by atoms with van der Waals surface area (Å²) in [6.07, 6.45) is -5.71. The second kappa shape index (κ2) is 13.7. The Kier molecular flexibility index (Phi) is 10.8. The minimum absolute atomic E-state index is 0.00500. The molecule has 1 N–H and O–H groups in total. The first-order chi connectivity index (χ1) is 21.8. The van der Waals surface area contributed by atoms with Crippen molar-refractivity contribution in [2.24, 2.45) is 29.1 Å². The highest BCUT2D eigenvalue weighted by atomic mass is 35.5. The predicted molar refractivity (Wildman–Crippen MR) is 167 cm³/mol. The minimum atomic E-state index is -2.27. The van der Waals surface area contributed by atoms with E-state index in [2.05, 4.69) is 6.58 Å². The van der Waals surface area contributed by atoms with Gasteiger partial charge in [0.2, 0.25) is 0 Å². The zero-order valence-electron chi connectivity index (χ0n) is 28.5. The summed E-state index contributed by atoms with van der Waals surface area (Å²) >= 11 is 6.88. The van der Waals surface area contributed by atoms with Crippen LogP contribution < -0.4 is 0 Å². The maximum Gasteiger partial charge on any atom is 0.312 e. The second-order valence-corrected chi connectivity index (χ2v) is 15.1. The van der Waals surface area contributed by atoms with Crippen LogP contribution in [-0.4, -0.2) is 88.7 Å². The summed E-state index contributed by atoms with van der Waals surface area (Å²) in [4.78, 5) is 65.5. The van der Waals surface area contributed by atoms with Crippen molar-refractivity contribution in [3.8, 4) is 0 Å². The van der Waals surface area contributed by atoms with Gasteiger partial charge in [0.1, 0.15) is 30.0 Å². The number of carbonyl (C=O) groups is 5. The Morgan fingerprint density at radius 3 is 1.98 bits per heavy atom. The van der Waals surface area contributed by atoms with Gasteiger partial charge in [0.25, 0.3) is 0 Å². The summed E-state index contributed by atoms with van der Waals surface area (Å²) < 4.78 is 36.2. The third-order valence-electron chi connectivity index (χ3n) is 10.2. The van der Waals surface area contributed by atoms with Crippen LogP contribution in [0.4, 0.5) is 0 Å². The van der Waals surface area contributed by atoms with E-state index in [1.54, 1.807) is 6.92 Å². The van der Waals surface area contributed by atoms with E-state index < -0.39 is 94.2 Å². The highest BCUT2D eigenvalue weighted by Gasteiger charge is 2.78. The molecule has 2 saturated carbocycles. The first-order valence-electron chi connectivity index (χ1n) is 16.4. The highest BCUT2D eigenvalue weighted by Crippen LogP contribution is 2.63. The SMILES string of the molecule is C=C1CCC(OC(C)=O)C2(C)C(OC(=O)CC(C)C)CC(OC(=O)CC(C)C)C3(CO3)C2C(OC(C)=O)C2(O)C(C)C(=O)OC2C1Cl. The standard InChI is InChI=1S/C34H49ClO12/c1-16(2)12-25(38)45-23-14-24(46-26(39)13-17(3)4)33(15-42-33)28-30(44-21(8)37)34(41)19(6)31(40)47-29(34)27(35)18(5)10-11-22(32(23,28)9)43-20(7)36/h16-17,19,22-24,27-30,41H,5,10-15H2,1-4,6-9H3. The Bertz CT molecular complexity index is 1280. The molecular weight excluding hydrogens is 636 g/mol. The molecule has 4 rings (SSSR count). The monoisotopic (exact) mass is 684 g/mol. The lowest BCUT2D eigenvalue weighted by Crippen LogP contribution is -2.72. The van der Waals surface area contributed by atoms with Crippen molar-refractivity contribution < 1.29 is 57.5 Å². The molecule has 47 heavy (non-hydrogen) atoms. The molecule has 4 fully saturated rings. The average molecular weight is 685 g/mol. The number of hydrogen-bond donors (Lipinski definition) is 1. The number of rotatable bonds is 8. The Balaban J connectivity index is 2.03. The molecule has 0 amide bonds. The van der Waals surface area contributed by atoms with Crippen molar-refractivity contribution in [2.75, 3.05) is 6.61 Å². The zero-order chi connectivity index (χ0) is 35.2. The van der Waals surface area contributed by atoms with Gasteiger partial charge in [0.05, 0.1) is 23.3 Å². The summed E-state index contributed by atoms with van der Waals surface area (Å²) in [6, 6.07) is 0. The van der Waals surface area contributed by atoms with Crippen molar-refractivity contribution in [1.82, 2.24) is 0 Å². The van der Waals surface area contributed by atoms with E-state index in [0.717, 1.165) is 6.92 Å². The van der Waals surface area contributed by atoms with Gasteiger partial charge in [0.15, 0.2) is 11.7 Å². The molecule has 264 valence electrons. The zero-order valence-corrected chi connectivity index (χ0v) is 29.3. The van der Waals surface area contributed by atoms with Crippen molar-refractivity contribution in [1.29, 1.82) is 0 Å². The van der Waals surface area contributed by atoms with Crippen molar-refractivity contribution >= 4 is 41.4 Å². The normalized spacial score (nSPS) is 39.8. The molecule has 2 heterocycles. The maximum atomic E-state index is 13.4. The van der Waals surface area contributed by atoms with Crippen molar-refractivity contribution in [3.05, 3.63) is 12.2 Å². The first-order valence-corrected chi connectivity index (χ1v) is 16.8. The summed E-state index contributed by atoms with van der Waals surface area (Å²) in [5.41, 5.74) is -4.72. The molecule has 0 aromatic heterocycles. The molecule has 0 aromatic rings. The maximum absolute atomic E-state index is 13.4. The Morgan fingerprint density at radius 2 is 1.49 bits per heavy atom. The number of fused-ring (bicyclic) bond motifs is 3. The molecule has 1 spiro atoms. The van der Waals surface area contributed by atoms with Gasteiger partial charge in [-0.05, 0) is 31.6 Å². The fraction of sp³-hybridized carbons (Fsp3) is 0.794. The van der Waals surface area contributed by atoms with E-state index in [9.17, 15) is 29.1 Å². The lowest BCUT2D eigenvalue weighted by molar-refractivity contribution is -0.260. The average Bonchev–Trinajstić information content (AvgIpc) is 3.69. The van der Waals surface area contributed by atoms with Crippen molar-refractivity contribution in [3.63, 3.8) is 0 Å². The number of aliphatic hydroxyl groups is 1. The number of ether oxygens (including phenoxy) is 6. The Labute approximate surface area is 281 Å². The Hall–Kier alpha value is -2.70. The topological polar surface area (TPSA) is 164 Å². The van der Waals surface area contributed by atoms with Crippen LogP contribution in [0.25, 0.3) is 0 Å². The van der Waals surface area contributed by atoms with E-state index in [1.807, 2.05) is 27.7 Å². The van der Waals surface area contributed by atoms with Gasteiger partial charge in [-0.2, -0.15) is 0 Å². The molecule has 13 heteroatoms. The molecule has 4 aliphatic rings. The fourth-order valence-electron chi connectivity index (χ4n) is 7.85. The fourth-order valence-corrected chi connectivity index (χ4v) is 8.21. The molecule has 0 radical (unpaired) electrons. The van der Waals surface area contributed by atoms with Crippen LogP contribution in [-0.2, 0) is 52.4 Å². The van der Waals surface area contributed by atoms with E-state index in [1.165, 1.54) is 13.8 Å². The molecule has 12 nitrogen and oxygen atoms in total. The number of alkyl halides is 1. The van der Waals surface area contributed by atoms with Gasteiger partial charge >= 0.3 is 29.8 Å². The van der Waals surface area contributed by atoms with Crippen LogP contribution in [0.5, 0.6) is 0 Å². The third kappa shape index (κ3) is 6.92. The number of epoxide rings is 1. The van der Waals surface area contributed by atoms with Gasteiger partial charge in [0, 0.05) is 39.0 Å². The van der Waals surface area contributed by atoms with Crippen LogP contribution >= 0.6 is 11.6 Å². The van der Waals surface area contributed by atoms with Gasteiger partial charge in [-0.3, -0.25) is 24.0 Å². The summed E-state index contributed by atoms with van der Waals surface area (Å²) in [6.45, 7) is 17.1. The molecular formula is C34H49ClO12. The number of halogens is 1. The summed E-state index contributed by atoms with van der Waals surface area (Å²) in [5.74, 6) is -5.77. The van der Waals surface area contributed by atoms with Crippen LogP contribution in [0.1, 0.15) is 87.5 Å². The van der Waals surface area contributed by atoms with Gasteiger partial charge in [-0.25, -0.2) is 0 Å². The number of esters is 5. The molecule has 11 atom stereocenters. The van der Waals surface area contributed by atoms with Gasteiger partial charge < -0.3 is 33.5 Å². The summed E-state index contributed by atoms with van der Waals surface area (Å²) in [7, 11) is 0. The highest BCUT2D eigenvalue weighted by molar-refractivity contribution is 6.23. The quantitative estimate of drug-likeness (QED) is 0.129. The van der Waals surface area contributed by atoms with Crippen molar-refractivity contribution in [2.45, 2.75) is 135 Å². The third-order valence-corrected chi connectivity index (χ3v) is 10.8. The van der Waals surface area contributed by atoms with Gasteiger partial charge in [-0.15, -0.1) is 11.6 Å². The number of carbonyl (C=O) groups excluding carboxylic acids is 5. The van der Waals surface area contributed by atoms with Crippen LogP contribution in [0.2, 0.25) is 0 Å². The van der Waals surface area contributed by atoms with Gasteiger partial charge in [-0.1, -0.05) is 46.8 Å². The van der Waals surface area contributed by atoms with E-state index in [-0.39, 0.29) is 50.5 Å². The van der Waals surface area contributed by atoms with Crippen LogP contribution in [0, 0.1) is 29.1 Å². The smallest absolute Gasteiger partial charge is 0.312 e. The molecule has 2 aliphatic carbocycles. The summed E-state index contributed by atoms with van der Waals surface area (Å²) in [5, 5.41) is 11.7. The minimum Gasteiger partial charge on any atom is -0.462 e. The Morgan fingerprint density at radius 1 is 0.957 bits per heavy atom. The van der Waals surface area contributed by atoms with E-state index >= 15 is 0 Å². The molecule has 11 unspecified atom stereocenters. The largest absolute Gasteiger partial charge is 0.462 e. The molecule has 2 saturated heterocycles. The van der Waals surface area contributed by atoms with Crippen LogP contribution in [0.15, 0.2) is 12.2 Å². The molecule has 2 aliphatic heterocycles. The van der Waals surface area contributed by atoms with E-state index in [4.69, 9.17) is 40.0 Å². The lowest BCUT2D eigenvalue weighted by Gasteiger charge is -2.58. The van der Waals surface area contributed by atoms with E-state index in [0.29, 0.717) is 5.57 Å². The second-order valence-electron chi connectivity index (χ2n) is 14.7. The lowest BCUT2D eigenvalue weighted by atomic mass is 9.51.